The van der Waals surface area contributed by atoms with E-state index in [1.54, 1.807) is 37.3 Å². The van der Waals surface area contributed by atoms with Crippen molar-refractivity contribution in [3.63, 3.8) is 0 Å². The molecule has 2 aromatic carbocycles. The first-order valence-electron chi connectivity index (χ1n) is 10.5. The molecule has 9 heteroatoms. The van der Waals surface area contributed by atoms with Gasteiger partial charge in [0.05, 0.1) is 32.8 Å². The Kier molecular flexibility index (Phi) is 7.16. The van der Waals surface area contributed by atoms with Crippen molar-refractivity contribution in [1.29, 1.82) is 0 Å². The zero-order chi connectivity index (χ0) is 24.4. The van der Waals surface area contributed by atoms with Crippen molar-refractivity contribution in [3.8, 4) is 5.69 Å². The van der Waals surface area contributed by atoms with Gasteiger partial charge in [0.15, 0.2) is 5.17 Å². The molecule has 0 bridgehead atoms. The molecule has 0 saturated carbocycles. The fraction of sp³-hybridized carbons (Fsp3) is 0.160. The van der Waals surface area contributed by atoms with E-state index in [1.807, 2.05) is 38.1 Å². The number of nitrogens with zero attached hydrogens (tertiary/aromatic N) is 2. The number of halogens is 2. The highest BCUT2D eigenvalue weighted by Crippen LogP contribution is 2.32. The Labute approximate surface area is 211 Å². The molecule has 4 rings (SSSR count). The predicted octanol–water partition coefficient (Wildman–Crippen LogP) is 6.47. The topological polar surface area (TPSA) is 72.7 Å². The summed E-state index contributed by atoms with van der Waals surface area (Å²) in [5.74, 6) is -0.560. The van der Waals surface area contributed by atoms with Crippen molar-refractivity contribution in [3.05, 3.63) is 86.0 Å². The number of aromatic nitrogens is 1. The normalized spacial score (nSPS) is 15.7. The van der Waals surface area contributed by atoms with E-state index in [2.05, 4.69) is 14.9 Å². The van der Waals surface area contributed by atoms with Gasteiger partial charge in [-0.3, -0.25) is 4.79 Å². The number of carbonyl (C=O) groups excluding carboxylic acids is 2. The first-order valence-corrected chi connectivity index (χ1v) is 12.0. The molecule has 174 valence electrons. The van der Waals surface area contributed by atoms with Gasteiger partial charge in [-0.05, 0) is 92.7 Å². The molecule has 6 nitrogen and oxygen atoms in total. The van der Waals surface area contributed by atoms with Gasteiger partial charge in [0, 0.05) is 17.1 Å². The number of hydrogen-bond acceptors (Lipinski definition) is 5. The molecule has 0 radical (unpaired) electrons. The number of rotatable bonds is 5. The van der Waals surface area contributed by atoms with Gasteiger partial charge in [-0.2, -0.15) is 0 Å². The molecule has 1 aliphatic heterocycles. The Bertz CT molecular complexity index is 1340. The van der Waals surface area contributed by atoms with E-state index in [0.717, 1.165) is 22.6 Å². The third kappa shape index (κ3) is 5.06. The number of amidine groups is 1. The van der Waals surface area contributed by atoms with E-state index >= 15 is 0 Å². The fourth-order valence-electron chi connectivity index (χ4n) is 3.59. The van der Waals surface area contributed by atoms with Crippen molar-refractivity contribution in [1.82, 2.24) is 9.88 Å². The monoisotopic (exact) mass is 513 g/mol. The van der Waals surface area contributed by atoms with Crippen LogP contribution in [0.1, 0.15) is 34.2 Å². The highest BCUT2D eigenvalue weighted by atomic mass is 35.5. The van der Waals surface area contributed by atoms with Crippen molar-refractivity contribution >= 4 is 63.8 Å². The van der Waals surface area contributed by atoms with Gasteiger partial charge >= 0.3 is 5.97 Å². The highest BCUT2D eigenvalue weighted by Gasteiger charge is 2.25. The maximum atomic E-state index is 12.5. The third-order valence-corrected chi connectivity index (χ3v) is 6.83. The maximum Gasteiger partial charge on any atom is 0.338 e. The molecule has 1 amide bonds. The number of thioether (sulfide) groups is 1. The summed E-state index contributed by atoms with van der Waals surface area (Å²) < 4.78 is 7.12. The molecule has 2 heterocycles. The Morgan fingerprint density at radius 1 is 1.12 bits per heavy atom. The molecule has 3 aromatic rings. The van der Waals surface area contributed by atoms with Gasteiger partial charge < -0.3 is 14.6 Å². The summed E-state index contributed by atoms with van der Waals surface area (Å²) in [5.41, 5.74) is 4.91. The van der Waals surface area contributed by atoms with E-state index in [0.29, 0.717) is 38.0 Å². The zero-order valence-electron chi connectivity index (χ0n) is 18.7. The van der Waals surface area contributed by atoms with Gasteiger partial charge in [-0.15, -0.1) is 0 Å². The number of esters is 1. The molecule has 1 N–H and O–H groups in total. The molecule has 0 spiro atoms. The Balaban J connectivity index is 1.59. The van der Waals surface area contributed by atoms with Crippen LogP contribution in [0.3, 0.4) is 0 Å². The molecule has 1 saturated heterocycles. The number of amides is 1. The van der Waals surface area contributed by atoms with E-state index in [9.17, 15) is 9.59 Å². The SMILES string of the molecule is CCOC(=O)c1ccc(-n2c(C)cc(/C=C3\SC(=Nc4ccc(Cl)c(Cl)c4)NC3=O)c2C)cc1. The number of carbonyl (C=O) groups is 2. The van der Waals surface area contributed by atoms with Crippen LogP contribution in [0.4, 0.5) is 5.69 Å². The van der Waals surface area contributed by atoms with Crippen LogP contribution in [-0.4, -0.2) is 28.2 Å². The number of ether oxygens (including phenoxy) is 1. The van der Waals surface area contributed by atoms with Gasteiger partial charge in [0.1, 0.15) is 0 Å². The molecule has 1 aliphatic rings. The molecule has 1 aromatic heterocycles. The van der Waals surface area contributed by atoms with Crippen molar-refractivity contribution in [2.24, 2.45) is 4.99 Å². The zero-order valence-corrected chi connectivity index (χ0v) is 21.0. The average Bonchev–Trinajstić information content (AvgIpc) is 3.28. The number of aliphatic imine (C=N–C) groups is 1. The minimum atomic E-state index is -0.344. The van der Waals surface area contributed by atoms with Crippen molar-refractivity contribution < 1.29 is 14.3 Å². The van der Waals surface area contributed by atoms with Gasteiger partial charge in [0.25, 0.3) is 5.91 Å². The van der Waals surface area contributed by atoms with Gasteiger partial charge in [-0.25, -0.2) is 9.79 Å². The molecule has 34 heavy (non-hydrogen) atoms. The molecular formula is C25H21Cl2N3O3S. The summed E-state index contributed by atoms with van der Waals surface area (Å²) in [6, 6.07) is 14.3. The summed E-state index contributed by atoms with van der Waals surface area (Å²) in [4.78, 5) is 29.5. The Morgan fingerprint density at radius 3 is 2.53 bits per heavy atom. The second-order valence-corrected chi connectivity index (χ2v) is 9.35. The smallest absolute Gasteiger partial charge is 0.338 e. The molecule has 0 unspecified atom stereocenters. The number of nitrogens with one attached hydrogen (secondary N) is 1. The summed E-state index contributed by atoms with van der Waals surface area (Å²) in [6.07, 6.45) is 1.85. The molecule has 0 atom stereocenters. The second-order valence-electron chi connectivity index (χ2n) is 7.51. The molecular weight excluding hydrogens is 493 g/mol. The minimum absolute atomic E-state index is 0.215. The van der Waals surface area contributed by atoms with Crippen LogP contribution in [0, 0.1) is 13.8 Å². The largest absolute Gasteiger partial charge is 0.462 e. The molecule has 1 fully saturated rings. The van der Waals surface area contributed by atoms with Crippen LogP contribution in [0.15, 0.2) is 58.4 Å². The van der Waals surface area contributed by atoms with Crippen LogP contribution in [0.2, 0.25) is 10.0 Å². The quantitative estimate of drug-likeness (QED) is 0.313. The van der Waals surface area contributed by atoms with E-state index in [1.165, 1.54) is 11.8 Å². The lowest BCUT2D eigenvalue weighted by Crippen LogP contribution is -2.19. The Morgan fingerprint density at radius 2 is 1.85 bits per heavy atom. The summed E-state index contributed by atoms with van der Waals surface area (Å²) in [6.45, 7) is 6.09. The maximum absolute atomic E-state index is 12.5. The standard InChI is InChI=1S/C25H21Cl2N3O3S/c1-4-33-24(32)16-5-8-19(9-6-16)30-14(2)11-17(15(30)3)12-22-23(31)29-25(34-22)28-18-7-10-20(26)21(27)13-18/h5-13H,4H2,1-3H3,(H,28,29,31)/b22-12-. The lowest BCUT2D eigenvalue weighted by Gasteiger charge is -2.10. The van der Waals surface area contributed by atoms with Gasteiger partial charge in [-0.1, -0.05) is 23.2 Å². The Hall–Kier alpha value is -3.00. The van der Waals surface area contributed by atoms with Crippen LogP contribution in [0.25, 0.3) is 11.8 Å². The van der Waals surface area contributed by atoms with E-state index in [-0.39, 0.29) is 11.9 Å². The summed E-state index contributed by atoms with van der Waals surface area (Å²) >= 11 is 13.3. The first kappa shape index (κ1) is 24.1. The third-order valence-electron chi connectivity index (χ3n) is 5.18. The van der Waals surface area contributed by atoms with E-state index < -0.39 is 0 Å². The van der Waals surface area contributed by atoms with Crippen LogP contribution in [0.5, 0.6) is 0 Å². The first-order chi connectivity index (χ1) is 16.3. The lowest BCUT2D eigenvalue weighted by atomic mass is 10.2. The van der Waals surface area contributed by atoms with E-state index in [4.69, 9.17) is 27.9 Å². The minimum Gasteiger partial charge on any atom is -0.462 e. The van der Waals surface area contributed by atoms with Crippen LogP contribution >= 0.6 is 35.0 Å². The molecule has 0 aliphatic carbocycles. The number of aryl methyl sites for hydroxylation is 1. The average molecular weight is 514 g/mol. The second kappa shape index (κ2) is 10.1. The summed E-state index contributed by atoms with van der Waals surface area (Å²) in [5, 5.41) is 4.10. The number of hydrogen-bond donors (Lipinski definition) is 1. The predicted molar refractivity (Wildman–Crippen MR) is 138 cm³/mol. The fourth-order valence-corrected chi connectivity index (χ4v) is 4.71. The van der Waals surface area contributed by atoms with Crippen LogP contribution in [-0.2, 0) is 9.53 Å². The van der Waals surface area contributed by atoms with Gasteiger partial charge in [0.2, 0.25) is 0 Å². The highest BCUT2D eigenvalue weighted by molar-refractivity contribution is 8.18. The number of benzene rings is 2. The lowest BCUT2D eigenvalue weighted by molar-refractivity contribution is -0.115. The van der Waals surface area contributed by atoms with Crippen LogP contribution < -0.4 is 5.32 Å². The van der Waals surface area contributed by atoms with Crippen molar-refractivity contribution in [2.75, 3.05) is 6.61 Å². The van der Waals surface area contributed by atoms with Crippen molar-refractivity contribution in [2.45, 2.75) is 20.8 Å². The summed E-state index contributed by atoms with van der Waals surface area (Å²) in [7, 11) is 0.